The van der Waals surface area contributed by atoms with Crippen LogP contribution in [0.25, 0.3) is 0 Å². The zero-order valence-corrected chi connectivity index (χ0v) is 14.1. The van der Waals surface area contributed by atoms with Gasteiger partial charge in [0.2, 0.25) is 0 Å². The number of aryl methyl sites for hydroxylation is 1. The zero-order valence-electron chi connectivity index (χ0n) is 13.2. The highest BCUT2D eigenvalue weighted by molar-refractivity contribution is 7.11. The molecule has 0 amide bonds. The van der Waals surface area contributed by atoms with E-state index in [0.717, 1.165) is 25.6 Å². The fraction of sp³-hybridized carbons (Fsp3) is 0.812. The Morgan fingerprint density at radius 1 is 1.40 bits per heavy atom. The highest BCUT2D eigenvalue weighted by Gasteiger charge is 2.18. The number of thiazole rings is 1. The predicted octanol–water partition coefficient (Wildman–Crippen LogP) is 3.37. The maximum atomic E-state index is 4.75. The van der Waals surface area contributed by atoms with Gasteiger partial charge in [-0.3, -0.25) is 0 Å². The summed E-state index contributed by atoms with van der Waals surface area (Å²) in [4.78, 5) is 8.80. The van der Waals surface area contributed by atoms with E-state index in [2.05, 4.69) is 31.0 Å². The van der Waals surface area contributed by atoms with Crippen LogP contribution in [-0.4, -0.2) is 35.6 Å². The van der Waals surface area contributed by atoms with Gasteiger partial charge in [0.15, 0.2) is 0 Å². The number of hydrogen-bond donors (Lipinski definition) is 1. The first kappa shape index (κ1) is 15.9. The number of hydrogen-bond acceptors (Lipinski definition) is 4. The molecule has 0 saturated carbocycles. The fourth-order valence-electron chi connectivity index (χ4n) is 2.87. The second-order valence-electron chi connectivity index (χ2n) is 5.92. The Kier molecular flexibility index (Phi) is 6.46. The lowest BCUT2D eigenvalue weighted by atomic mass is 10.0. The summed E-state index contributed by atoms with van der Waals surface area (Å²) < 4.78 is 0. The third kappa shape index (κ3) is 4.54. The van der Waals surface area contributed by atoms with Crippen LogP contribution in [-0.2, 0) is 13.0 Å². The molecule has 1 N–H and O–H groups in total. The first-order valence-electron chi connectivity index (χ1n) is 8.10. The van der Waals surface area contributed by atoms with Crippen LogP contribution in [0.2, 0.25) is 0 Å². The molecule has 0 aliphatic carbocycles. The van der Waals surface area contributed by atoms with Crippen molar-refractivity contribution in [2.24, 2.45) is 0 Å². The summed E-state index contributed by atoms with van der Waals surface area (Å²) in [6, 6.07) is 0.760. The molecular formula is C16H29N3S. The molecule has 0 aromatic carbocycles. The van der Waals surface area contributed by atoms with Crippen LogP contribution in [0.3, 0.4) is 0 Å². The second kappa shape index (κ2) is 8.11. The highest BCUT2D eigenvalue weighted by atomic mass is 32.1. The van der Waals surface area contributed by atoms with Crippen molar-refractivity contribution in [2.45, 2.75) is 65.5 Å². The Hall–Kier alpha value is -0.450. The number of likely N-dealkylation sites (tertiary alicyclic amines) is 1. The first-order chi connectivity index (χ1) is 9.70. The van der Waals surface area contributed by atoms with Crippen molar-refractivity contribution >= 4 is 11.3 Å². The van der Waals surface area contributed by atoms with Gasteiger partial charge in [-0.15, -0.1) is 11.3 Å². The zero-order chi connectivity index (χ0) is 14.4. The Bertz CT molecular complexity index is 402. The number of rotatable bonds is 7. The van der Waals surface area contributed by atoms with Crippen LogP contribution in [0.5, 0.6) is 0 Å². The SMILES string of the molecule is CCCNCc1sc(CCN2CCCCC2C)nc1C. The molecule has 1 aliphatic rings. The average Bonchev–Trinajstić information content (AvgIpc) is 2.79. The molecule has 2 rings (SSSR count). The molecule has 0 radical (unpaired) electrons. The summed E-state index contributed by atoms with van der Waals surface area (Å²) in [5.74, 6) is 0. The number of piperidine rings is 1. The van der Waals surface area contributed by atoms with E-state index in [0.29, 0.717) is 0 Å². The van der Waals surface area contributed by atoms with E-state index in [-0.39, 0.29) is 0 Å². The Morgan fingerprint density at radius 3 is 3.00 bits per heavy atom. The molecule has 1 aliphatic heterocycles. The largest absolute Gasteiger partial charge is 0.312 e. The molecule has 0 spiro atoms. The standard InChI is InChI=1S/C16H29N3S/c1-4-9-17-12-15-14(3)18-16(20-15)8-11-19-10-6-5-7-13(19)2/h13,17H,4-12H2,1-3H3. The van der Waals surface area contributed by atoms with Gasteiger partial charge in [-0.1, -0.05) is 13.3 Å². The molecule has 1 aromatic heterocycles. The van der Waals surface area contributed by atoms with Gasteiger partial charge in [-0.25, -0.2) is 4.98 Å². The molecule has 1 fully saturated rings. The lowest BCUT2D eigenvalue weighted by Crippen LogP contribution is -2.38. The molecule has 1 aromatic rings. The predicted molar refractivity (Wildman–Crippen MR) is 87.4 cm³/mol. The van der Waals surface area contributed by atoms with E-state index in [4.69, 9.17) is 4.98 Å². The van der Waals surface area contributed by atoms with Crippen molar-refractivity contribution < 1.29 is 0 Å². The van der Waals surface area contributed by atoms with E-state index >= 15 is 0 Å². The summed E-state index contributed by atoms with van der Waals surface area (Å²) >= 11 is 1.90. The second-order valence-corrected chi connectivity index (χ2v) is 7.09. The topological polar surface area (TPSA) is 28.2 Å². The van der Waals surface area contributed by atoms with Gasteiger partial charge in [-0.05, 0) is 46.2 Å². The van der Waals surface area contributed by atoms with Crippen molar-refractivity contribution in [3.63, 3.8) is 0 Å². The van der Waals surface area contributed by atoms with Gasteiger partial charge in [0, 0.05) is 30.4 Å². The Balaban J connectivity index is 1.82. The van der Waals surface area contributed by atoms with Crippen molar-refractivity contribution in [1.82, 2.24) is 15.2 Å². The van der Waals surface area contributed by atoms with E-state index < -0.39 is 0 Å². The summed E-state index contributed by atoms with van der Waals surface area (Å²) in [5.41, 5.74) is 1.22. The number of nitrogens with zero attached hydrogens (tertiary/aromatic N) is 2. The molecule has 0 bridgehead atoms. The van der Waals surface area contributed by atoms with Crippen molar-refractivity contribution in [1.29, 1.82) is 0 Å². The van der Waals surface area contributed by atoms with Crippen LogP contribution < -0.4 is 5.32 Å². The molecule has 1 atom stereocenters. The third-order valence-electron chi connectivity index (χ3n) is 4.20. The van der Waals surface area contributed by atoms with Crippen LogP contribution in [0.1, 0.15) is 55.1 Å². The lowest BCUT2D eigenvalue weighted by molar-refractivity contribution is 0.163. The quantitative estimate of drug-likeness (QED) is 0.782. The summed E-state index contributed by atoms with van der Waals surface area (Å²) in [6.07, 6.45) is 6.44. The van der Waals surface area contributed by atoms with Gasteiger partial charge in [0.1, 0.15) is 0 Å². The number of nitrogens with one attached hydrogen (secondary N) is 1. The first-order valence-corrected chi connectivity index (χ1v) is 8.92. The summed E-state index contributed by atoms with van der Waals surface area (Å²) in [5, 5.41) is 4.79. The molecular weight excluding hydrogens is 266 g/mol. The third-order valence-corrected chi connectivity index (χ3v) is 5.42. The minimum Gasteiger partial charge on any atom is -0.312 e. The lowest BCUT2D eigenvalue weighted by Gasteiger charge is -2.33. The van der Waals surface area contributed by atoms with Crippen LogP contribution >= 0.6 is 11.3 Å². The monoisotopic (exact) mass is 295 g/mol. The summed E-state index contributed by atoms with van der Waals surface area (Å²) in [7, 11) is 0. The minimum atomic E-state index is 0.760. The van der Waals surface area contributed by atoms with Crippen LogP contribution in [0.4, 0.5) is 0 Å². The molecule has 2 heterocycles. The summed E-state index contributed by atoms with van der Waals surface area (Å²) in [6.45, 7) is 11.2. The minimum absolute atomic E-state index is 0.760. The molecule has 4 heteroatoms. The Labute approximate surface area is 127 Å². The maximum Gasteiger partial charge on any atom is 0.0944 e. The number of aromatic nitrogens is 1. The normalized spacial score (nSPS) is 20.4. The van der Waals surface area contributed by atoms with Crippen molar-refractivity contribution in [2.75, 3.05) is 19.6 Å². The molecule has 1 unspecified atom stereocenters. The highest BCUT2D eigenvalue weighted by Crippen LogP contribution is 2.21. The van der Waals surface area contributed by atoms with Gasteiger partial charge >= 0.3 is 0 Å². The van der Waals surface area contributed by atoms with E-state index in [1.807, 2.05) is 11.3 Å². The smallest absolute Gasteiger partial charge is 0.0944 e. The van der Waals surface area contributed by atoms with Crippen LogP contribution in [0, 0.1) is 6.92 Å². The molecule has 1 saturated heterocycles. The fourth-order valence-corrected chi connectivity index (χ4v) is 3.89. The van der Waals surface area contributed by atoms with Gasteiger partial charge in [0.25, 0.3) is 0 Å². The average molecular weight is 295 g/mol. The van der Waals surface area contributed by atoms with Gasteiger partial charge in [0.05, 0.1) is 10.7 Å². The van der Waals surface area contributed by atoms with E-state index in [9.17, 15) is 0 Å². The van der Waals surface area contributed by atoms with Crippen LogP contribution in [0.15, 0.2) is 0 Å². The van der Waals surface area contributed by atoms with Crippen molar-refractivity contribution in [3.05, 3.63) is 15.6 Å². The molecule has 20 heavy (non-hydrogen) atoms. The van der Waals surface area contributed by atoms with Crippen molar-refractivity contribution in [3.8, 4) is 0 Å². The maximum absolute atomic E-state index is 4.75. The molecule has 3 nitrogen and oxygen atoms in total. The van der Waals surface area contributed by atoms with E-state index in [1.165, 1.54) is 54.4 Å². The molecule has 114 valence electrons. The van der Waals surface area contributed by atoms with Gasteiger partial charge < -0.3 is 10.2 Å². The Morgan fingerprint density at radius 2 is 2.25 bits per heavy atom. The van der Waals surface area contributed by atoms with Gasteiger partial charge in [-0.2, -0.15) is 0 Å². The van der Waals surface area contributed by atoms with E-state index in [1.54, 1.807) is 0 Å².